The van der Waals surface area contributed by atoms with Crippen LogP contribution in [0.5, 0.6) is 11.5 Å². The van der Waals surface area contributed by atoms with Crippen molar-refractivity contribution in [2.75, 3.05) is 16.5 Å². The van der Waals surface area contributed by atoms with Gasteiger partial charge in [-0.3, -0.25) is 4.57 Å². The van der Waals surface area contributed by atoms with Crippen molar-refractivity contribution in [3.63, 3.8) is 0 Å². The number of pyridine rings is 1. The van der Waals surface area contributed by atoms with Crippen LogP contribution in [0.4, 0.5) is 22.7 Å². The van der Waals surface area contributed by atoms with Crippen LogP contribution in [0.1, 0.15) is 76.3 Å². The quantitative estimate of drug-likeness (QED) is 0.137. The standard InChI is InChI=1S/C64H58N4O/c1-62(2,3)50-36-45(44-20-11-8-12-21-44)37-52(38-50)67-43-66(58-28-17-18-29-59(58)67)51-26-19-27-53(41-51)69-54-31-32-55-56-39-48(63(4,5)46-22-13-9-14-23-46)30-33-57(56)68(60(55)42-54)61-40-49(34-35-65-61)64(6,7)47-24-15-10-16-25-47/h8-42H,43H2,1-7H3. The topological polar surface area (TPSA) is 33.5 Å². The van der Waals surface area contributed by atoms with E-state index in [0.29, 0.717) is 6.67 Å². The summed E-state index contributed by atoms with van der Waals surface area (Å²) in [5, 5.41) is 2.32. The molecule has 0 saturated carbocycles. The van der Waals surface area contributed by atoms with Crippen molar-refractivity contribution in [2.45, 2.75) is 64.7 Å². The summed E-state index contributed by atoms with van der Waals surface area (Å²) in [6, 6.07) is 74.3. The van der Waals surface area contributed by atoms with Gasteiger partial charge in [-0.2, -0.15) is 0 Å². The lowest BCUT2D eigenvalue weighted by atomic mass is 9.78. The van der Waals surface area contributed by atoms with Crippen molar-refractivity contribution < 1.29 is 4.74 Å². The lowest BCUT2D eigenvalue weighted by Gasteiger charge is -2.27. The minimum absolute atomic E-state index is 0.0242. The average molecular weight is 899 g/mol. The van der Waals surface area contributed by atoms with E-state index in [1.165, 1.54) is 55.7 Å². The first-order chi connectivity index (χ1) is 33.3. The van der Waals surface area contributed by atoms with Crippen molar-refractivity contribution in [2.24, 2.45) is 0 Å². The largest absolute Gasteiger partial charge is 0.457 e. The van der Waals surface area contributed by atoms with E-state index in [2.05, 4.69) is 269 Å². The summed E-state index contributed by atoms with van der Waals surface area (Å²) in [4.78, 5) is 9.90. The zero-order valence-corrected chi connectivity index (χ0v) is 40.6. The van der Waals surface area contributed by atoms with Crippen LogP contribution in [0.3, 0.4) is 0 Å². The van der Waals surface area contributed by atoms with Crippen LogP contribution in [-0.2, 0) is 16.2 Å². The second-order valence-corrected chi connectivity index (χ2v) is 20.6. The Hall–Kier alpha value is -7.89. The molecule has 5 nitrogen and oxygen atoms in total. The first-order valence-corrected chi connectivity index (χ1v) is 24.1. The summed E-state index contributed by atoms with van der Waals surface area (Å²) in [6.45, 7) is 16.7. The third-order valence-corrected chi connectivity index (χ3v) is 14.5. The van der Waals surface area contributed by atoms with Gasteiger partial charge < -0.3 is 14.5 Å². The Morgan fingerprint density at radius 2 is 1.01 bits per heavy atom. The number of anilines is 4. The fourth-order valence-electron chi connectivity index (χ4n) is 10.2. The number of para-hydroxylation sites is 2. The van der Waals surface area contributed by atoms with Crippen molar-refractivity contribution in [3.05, 3.63) is 240 Å². The molecule has 0 radical (unpaired) electrons. The molecule has 340 valence electrons. The van der Waals surface area contributed by atoms with Crippen LogP contribution in [0, 0.1) is 0 Å². The van der Waals surface area contributed by atoms with Gasteiger partial charge in [0.2, 0.25) is 0 Å². The summed E-state index contributed by atoms with van der Waals surface area (Å²) >= 11 is 0. The Balaban J connectivity index is 0.976. The van der Waals surface area contributed by atoms with Crippen LogP contribution in [0.2, 0.25) is 0 Å². The molecule has 0 N–H and O–H groups in total. The zero-order valence-electron chi connectivity index (χ0n) is 40.6. The number of nitrogens with zero attached hydrogens (tertiary/aromatic N) is 4. The molecule has 10 aromatic rings. The van der Waals surface area contributed by atoms with E-state index >= 15 is 0 Å². The Morgan fingerprint density at radius 3 is 1.68 bits per heavy atom. The van der Waals surface area contributed by atoms with E-state index in [9.17, 15) is 0 Å². The number of aromatic nitrogens is 2. The van der Waals surface area contributed by atoms with Crippen LogP contribution < -0.4 is 14.5 Å². The van der Waals surface area contributed by atoms with Crippen LogP contribution >= 0.6 is 0 Å². The molecule has 69 heavy (non-hydrogen) atoms. The molecule has 0 bridgehead atoms. The van der Waals surface area contributed by atoms with E-state index in [-0.39, 0.29) is 16.2 Å². The summed E-state index contributed by atoms with van der Waals surface area (Å²) in [5.74, 6) is 2.39. The Labute approximate surface area is 406 Å². The van der Waals surface area contributed by atoms with Crippen molar-refractivity contribution in [1.82, 2.24) is 9.55 Å². The SMILES string of the molecule is CC(C)(C)c1cc(-c2ccccc2)cc(N2CN(c3cccc(Oc4ccc5c6cc(C(C)(C)c7ccccc7)ccc6n(-c6cc(C(C)(C)c7ccccc7)ccn6)c5c4)c3)c3ccccc32)c1. The van der Waals surface area contributed by atoms with Gasteiger partial charge in [0.1, 0.15) is 24.0 Å². The molecule has 0 saturated heterocycles. The highest BCUT2D eigenvalue weighted by molar-refractivity contribution is 6.10. The lowest BCUT2D eigenvalue weighted by Crippen LogP contribution is -2.24. The van der Waals surface area contributed by atoms with E-state index in [1.807, 2.05) is 6.20 Å². The van der Waals surface area contributed by atoms with Gasteiger partial charge in [0.25, 0.3) is 0 Å². The normalized spacial score (nSPS) is 13.0. The molecule has 0 fully saturated rings. The fourth-order valence-corrected chi connectivity index (χ4v) is 10.2. The maximum absolute atomic E-state index is 6.89. The predicted octanol–water partition coefficient (Wildman–Crippen LogP) is 16.8. The first kappa shape index (κ1) is 43.7. The highest BCUT2D eigenvalue weighted by atomic mass is 16.5. The van der Waals surface area contributed by atoms with Gasteiger partial charge in [0, 0.05) is 51.3 Å². The Bertz CT molecular complexity index is 3490. The first-order valence-electron chi connectivity index (χ1n) is 24.1. The van der Waals surface area contributed by atoms with Gasteiger partial charge in [-0.1, -0.05) is 170 Å². The maximum atomic E-state index is 6.89. The van der Waals surface area contributed by atoms with Crippen LogP contribution in [0.25, 0.3) is 38.8 Å². The molecule has 5 heteroatoms. The molecule has 11 rings (SSSR count). The highest BCUT2D eigenvalue weighted by Gasteiger charge is 2.31. The number of hydrogen-bond acceptors (Lipinski definition) is 4. The average Bonchev–Trinajstić information content (AvgIpc) is 3.93. The molecule has 8 aromatic carbocycles. The van der Waals surface area contributed by atoms with Gasteiger partial charge in [-0.05, 0) is 117 Å². The zero-order chi connectivity index (χ0) is 47.5. The highest BCUT2D eigenvalue weighted by Crippen LogP contribution is 2.47. The molecule has 0 atom stereocenters. The molecule has 0 spiro atoms. The van der Waals surface area contributed by atoms with E-state index in [1.54, 1.807) is 0 Å². The Morgan fingerprint density at radius 1 is 0.406 bits per heavy atom. The van der Waals surface area contributed by atoms with Gasteiger partial charge in [0.05, 0.1) is 22.4 Å². The van der Waals surface area contributed by atoms with Gasteiger partial charge in [-0.25, -0.2) is 4.98 Å². The number of fused-ring (bicyclic) bond motifs is 4. The number of rotatable bonds is 10. The number of ether oxygens (including phenoxy) is 1. The summed E-state index contributed by atoms with van der Waals surface area (Å²) in [7, 11) is 0. The van der Waals surface area contributed by atoms with Crippen molar-refractivity contribution in [3.8, 4) is 28.4 Å². The van der Waals surface area contributed by atoms with Crippen molar-refractivity contribution >= 4 is 44.6 Å². The molecule has 1 aliphatic heterocycles. The molecule has 0 aliphatic carbocycles. The monoisotopic (exact) mass is 898 g/mol. The van der Waals surface area contributed by atoms with Gasteiger partial charge in [-0.15, -0.1) is 0 Å². The van der Waals surface area contributed by atoms with E-state index in [0.717, 1.165) is 45.1 Å². The third-order valence-electron chi connectivity index (χ3n) is 14.5. The maximum Gasteiger partial charge on any atom is 0.137 e. The smallest absolute Gasteiger partial charge is 0.137 e. The lowest BCUT2D eigenvalue weighted by molar-refractivity contribution is 0.483. The minimum atomic E-state index is -0.238. The molecule has 1 aliphatic rings. The molecule has 0 amide bonds. The van der Waals surface area contributed by atoms with E-state index < -0.39 is 0 Å². The second kappa shape index (κ2) is 17.0. The summed E-state index contributed by atoms with van der Waals surface area (Å²) < 4.78 is 9.20. The summed E-state index contributed by atoms with van der Waals surface area (Å²) in [6.07, 6.45) is 1.95. The molecule has 2 aromatic heterocycles. The van der Waals surface area contributed by atoms with Crippen LogP contribution in [-0.4, -0.2) is 16.2 Å². The van der Waals surface area contributed by atoms with Gasteiger partial charge in [0.15, 0.2) is 0 Å². The second-order valence-electron chi connectivity index (χ2n) is 20.6. The van der Waals surface area contributed by atoms with Crippen molar-refractivity contribution in [1.29, 1.82) is 0 Å². The number of benzene rings is 8. The number of hydrogen-bond donors (Lipinski definition) is 0. The molecular weight excluding hydrogens is 841 g/mol. The fraction of sp³-hybridized carbons (Fsp3) is 0.172. The third kappa shape index (κ3) is 8.02. The molecule has 0 unspecified atom stereocenters. The minimum Gasteiger partial charge on any atom is -0.457 e. The summed E-state index contributed by atoms with van der Waals surface area (Å²) in [5.41, 5.74) is 14.9. The predicted molar refractivity (Wildman–Crippen MR) is 288 cm³/mol. The van der Waals surface area contributed by atoms with Crippen LogP contribution in [0.15, 0.2) is 212 Å². The molecular formula is C64H58N4O. The van der Waals surface area contributed by atoms with E-state index in [4.69, 9.17) is 9.72 Å². The molecule has 3 heterocycles. The Kier molecular flexibility index (Phi) is 10.8. The van der Waals surface area contributed by atoms with Gasteiger partial charge >= 0.3 is 0 Å².